The molecule has 4 nitrogen and oxygen atoms in total. The summed E-state index contributed by atoms with van der Waals surface area (Å²) in [5, 5.41) is 3.78. The van der Waals surface area contributed by atoms with Gasteiger partial charge in [-0.15, -0.1) is 0 Å². The zero-order chi connectivity index (χ0) is 16.5. The van der Waals surface area contributed by atoms with Crippen LogP contribution in [0.15, 0.2) is 59.9 Å². The number of carbonyl (C=O) groups excluding carboxylic acids is 1. The number of nitrogens with one attached hydrogen (secondary N) is 1. The molecular formula is C18H14FN3OS. The van der Waals surface area contributed by atoms with Crippen LogP contribution in [0.4, 0.5) is 10.1 Å². The van der Waals surface area contributed by atoms with Crippen LogP contribution in [0.1, 0.15) is 10.4 Å². The van der Waals surface area contributed by atoms with Gasteiger partial charge < -0.3 is 9.88 Å². The Balaban J connectivity index is 1.67. The van der Waals surface area contributed by atoms with Gasteiger partial charge in [0.25, 0.3) is 5.91 Å². The highest BCUT2D eigenvalue weighted by Gasteiger charge is 2.18. The summed E-state index contributed by atoms with van der Waals surface area (Å²) in [4.78, 5) is 17.0. The Labute approximate surface area is 142 Å². The molecule has 1 aromatic heterocycles. The average molecular weight is 339 g/mol. The molecule has 0 radical (unpaired) electrons. The number of rotatable bonds is 3. The first-order chi connectivity index (χ1) is 11.7. The standard InChI is InChI=1S/C18H14FN3OS/c19-14-7-3-1-5-12(14)17(23)20-15-8-4-2-6-13(15)16-11-22-9-10-24-18(22)21-16/h1-8,11H,9-10H2,(H,20,23). The van der Waals surface area contributed by atoms with Gasteiger partial charge in [-0.3, -0.25) is 4.79 Å². The van der Waals surface area contributed by atoms with Crippen molar-refractivity contribution in [3.63, 3.8) is 0 Å². The van der Waals surface area contributed by atoms with Gasteiger partial charge >= 0.3 is 0 Å². The summed E-state index contributed by atoms with van der Waals surface area (Å²) in [5.41, 5.74) is 2.27. The van der Waals surface area contributed by atoms with Crippen molar-refractivity contribution in [3.05, 3.63) is 66.1 Å². The zero-order valence-electron chi connectivity index (χ0n) is 12.7. The van der Waals surface area contributed by atoms with Crippen LogP contribution in [-0.2, 0) is 6.54 Å². The number of halogens is 1. The number of hydrogen-bond donors (Lipinski definition) is 1. The molecule has 0 spiro atoms. The summed E-state index contributed by atoms with van der Waals surface area (Å²) in [6.45, 7) is 0.941. The predicted octanol–water partition coefficient (Wildman–Crippen LogP) is 4.05. The summed E-state index contributed by atoms with van der Waals surface area (Å²) < 4.78 is 15.9. The SMILES string of the molecule is O=C(Nc1ccccc1-c1cn2c(n1)SCC2)c1ccccc1F. The monoisotopic (exact) mass is 339 g/mol. The first-order valence-electron chi connectivity index (χ1n) is 7.57. The van der Waals surface area contributed by atoms with Crippen LogP contribution >= 0.6 is 11.8 Å². The van der Waals surface area contributed by atoms with Crippen LogP contribution in [0, 0.1) is 5.82 Å². The van der Waals surface area contributed by atoms with Gasteiger partial charge in [0.1, 0.15) is 5.82 Å². The second-order valence-corrected chi connectivity index (χ2v) is 6.49. The highest BCUT2D eigenvalue weighted by atomic mass is 32.2. The number of anilines is 1. The fourth-order valence-corrected chi connectivity index (χ4v) is 3.63. The fourth-order valence-electron chi connectivity index (χ4n) is 2.69. The third-order valence-corrected chi connectivity index (χ3v) is 4.84. The second kappa shape index (κ2) is 6.13. The third kappa shape index (κ3) is 2.69. The van der Waals surface area contributed by atoms with Gasteiger partial charge in [0.15, 0.2) is 5.16 Å². The molecule has 1 N–H and O–H groups in total. The Bertz CT molecular complexity index is 901. The Morgan fingerprint density at radius 2 is 1.96 bits per heavy atom. The number of nitrogens with zero attached hydrogens (tertiary/aromatic N) is 2. The van der Waals surface area contributed by atoms with E-state index in [-0.39, 0.29) is 5.56 Å². The van der Waals surface area contributed by atoms with E-state index in [1.165, 1.54) is 12.1 Å². The van der Waals surface area contributed by atoms with Gasteiger partial charge in [0, 0.05) is 24.1 Å². The van der Waals surface area contributed by atoms with Crippen LogP contribution in [0.5, 0.6) is 0 Å². The van der Waals surface area contributed by atoms with E-state index in [1.54, 1.807) is 30.0 Å². The van der Waals surface area contributed by atoms with Crippen molar-refractivity contribution in [1.82, 2.24) is 9.55 Å². The number of benzene rings is 2. The van der Waals surface area contributed by atoms with Crippen molar-refractivity contribution in [2.24, 2.45) is 0 Å². The van der Waals surface area contributed by atoms with Gasteiger partial charge in [-0.05, 0) is 18.2 Å². The molecule has 1 amide bonds. The third-order valence-electron chi connectivity index (χ3n) is 3.87. The molecule has 24 heavy (non-hydrogen) atoms. The van der Waals surface area contributed by atoms with Crippen LogP contribution in [0.3, 0.4) is 0 Å². The molecule has 1 aliphatic heterocycles. The second-order valence-electron chi connectivity index (χ2n) is 5.43. The van der Waals surface area contributed by atoms with E-state index in [0.29, 0.717) is 5.69 Å². The minimum absolute atomic E-state index is 0.0233. The van der Waals surface area contributed by atoms with Crippen molar-refractivity contribution in [1.29, 1.82) is 0 Å². The summed E-state index contributed by atoms with van der Waals surface area (Å²) in [5.74, 6) is 0.0281. The van der Waals surface area contributed by atoms with Crippen molar-refractivity contribution < 1.29 is 9.18 Å². The maximum atomic E-state index is 13.8. The van der Waals surface area contributed by atoms with Gasteiger partial charge in [-0.1, -0.05) is 42.1 Å². The first-order valence-corrected chi connectivity index (χ1v) is 8.56. The molecule has 0 unspecified atom stereocenters. The van der Waals surface area contributed by atoms with E-state index >= 15 is 0 Å². The number of fused-ring (bicyclic) bond motifs is 1. The minimum atomic E-state index is -0.537. The van der Waals surface area contributed by atoms with Gasteiger partial charge in [0.2, 0.25) is 0 Å². The summed E-state index contributed by atoms with van der Waals surface area (Å²) >= 11 is 1.72. The molecule has 3 aromatic rings. The smallest absolute Gasteiger partial charge is 0.258 e. The number of thioether (sulfide) groups is 1. The number of amides is 1. The normalized spacial score (nSPS) is 12.9. The highest BCUT2D eigenvalue weighted by molar-refractivity contribution is 7.99. The van der Waals surface area contributed by atoms with E-state index in [0.717, 1.165) is 28.7 Å². The Morgan fingerprint density at radius 1 is 1.17 bits per heavy atom. The van der Waals surface area contributed by atoms with E-state index in [1.807, 2.05) is 24.4 Å². The number of aryl methyl sites for hydroxylation is 1. The van der Waals surface area contributed by atoms with Crippen molar-refractivity contribution >= 4 is 23.4 Å². The number of carbonyl (C=O) groups is 1. The van der Waals surface area contributed by atoms with Crippen LogP contribution < -0.4 is 5.32 Å². The minimum Gasteiger partial charge on any atom is -0.325 e. The summed E-state index contributed by atoms with van der Waals surface area (Å²) in [6, 6.07) is 13.4. The molecule has 0 aliphatic carbocycles. The Hall–Kier alpha value is -2.60. The van der Waals surface area contributed by atoms with E-state index in [9.17, 15) is 9.18 Å². The van der Waals surface area contributed by atoms with Crippen molar-refractivity contribution in [2.75, 3.05) is 11.1 Å². The lowest BCUT2D eigenvalue weighted by molar-refractivity contribution is 0.102. The zero-order valence-corrected chi connectivity index (χ0v) is 13.5. The molecule has 0 saturated carbocycles. The van der Waals surface area contributed by atoms with Crippen LogP contribution in [-0.4, -0.2) is 21.2 Å². The summed E-state index contributed by atoms with van der Waals surface area (Å²) in [6.07, 6.45) is 1.99. The number of para-hydroxylation sites is 1. The lowest BCUT2D eigenvalue weighted by Gasteiger charge is -2.10. The maximum Gasteiger partial charge on any atom is 0.258 e. The largest absolute Gasteiger partial charge is 0.325 e. The Morgan fingerprint density at radius 3 is 2.79 bits per heavy atom. The van der Waals surface area contributed by atoms with Crippen LogP contribution in [0.25, 0.3) is 11.3 Å². The van der Waals surface area contributed by atoms with E-state index < -0.39 is 11.7 Å². The number of aromatic nitrogens is 2. The van der Waals surface area contributed by atoms with E-state index in [4.69, 9.17) is 0 Å². The average Bonchev–Trinajstić information content (AvgIpc) is 3.17. The lowest BCUT2D eigenvalue weighted by atomic mass is 10.1. The molecule has 4 rings (SSSR count). The summed E-state index contributed by atoms with van der Waals surface area (Å²) in [7, 11) is 0. The molecule has 0 atom stereocenters. The molecule has 2 heterocycles. The first kappa shape index (κ1) is 15.0. The van der Waals surface area contributed by atoms with Crippen molar-refractivity contribution in [2.45, 2.75) is 11.7 Å². The molecule has 2 aromatic carbocycles. The molecule has 0 bridgehead atoms. The quantitative estimate of drug-likeness (QED) is 0.783. The number of hydrogen-bond acceptors (Lipinski definition) is 3. The number of imidazole rings is 1. The van der Waals surface area contributed by atoms with Crippen LogP contribution in [0.2, 0.25) is 0 Å². The molecular weight excluding hydrogens is 325 g/mol. The highest BCUT2D eigenvalue weighted by Crippen LogP contribution is 2.32. The Kier molecular flexibility index (Phi) is 3.82. The van der Waals surface area contributed by atoms with Gasteiger partial charge in [-0.25, -0.2) is 9.37 Å². The van der Waals surface area contributed by atoms with Gasteiger partial charge in [0.05, 0.1) is 16.9 Å². The van der Waals surface area contributed by atoms with Gasteiger partial charge in [-0.2, -0.15) is 0 Å². The molecule has 6 heteroatoms. The molecule has 0 saturated heterocycles. The topological polar surface area (TPSA) is 46.9 Å². The predicted molar refractivity (Wildman–Crippen MR) is 92.7 cm³/mol. The fraction of sp³-hybridized carbons (Fsp3) is 0.111. The molecule has 0 fully saturated rings. The molecule has 120 valence electrons. The maximum absolute atomic E-state index is 13.8. The van der Waals surface area contributed by atoms with Crippen molar-refractivity contribution in [3.8, 4) is 11.3 Å². The molecule has 1 aliphatic rings. The van der Waals surface area contributed by atoms with E-state index in [2.05, 4.69) is 14.9 Å². The lowest BCUT2D eigenvalue weighted by Crippen LogP contribution is -2.14.